The van der Waals surface area contributed by atoms with Crippen molar-refractivity contribution in [1.82, 2.24) is 4.90 Å². The molecule has 32 heavy (non-hydrogen) atoms. The summed E-state index contributed by atoms with van der Waals surface area (Å²) >= 11 is 4.07. The molecule has 1 aromatic heterocycles. The van der Waals surface area contributed by atoms with Crippen LogP contribution < -0.4 is 5.32 Å². The molecule has 1 saturated heterocycles. The first kappa shape index (κ1) is 21.6. The van der Waals surface area contributed by atoms with Gasteiger partial charge < -0.3 is 9.73 Å². The summed E-state index contributed by atoms with van der Waals surface area (Å²) in [6.45, 7) is -0.401. The molecule has 1 fully saturated rings. The number of amides is 3. The molecule has 0 saturated carbocycles. The van der Waals surface area contributed by atoms with Gasteiger partial charge in [0.05, 0.1) is 22.2 Å². The van der Waals surface area contributed by atoms with E-state index in [1.807, 2.05) is 0 Å². The van der Waals surface area contributed by atoms with Gasteiger partial charge in [-0.2, -0.15) is 5.26 Å². The number of nitriles is 1. The molecule has 2 heterocycles. The number of carbonyl (C=O) groups is 3. The molecule has 0 spiro atoms. The van der Waals surface area contributed by atoms with E-state index in [9.17, 15) is 19.6 Å². The number of halogens is 1. The lowest BCUT2D eigenvalue weighted by molar-refractivity contribution is -0.127. The minimum Gasteiger partial charge on any atom is -0.457 e. The van der Waals surface area contributed by atoms with E-state index in [0.29, 0.717) is 32.8 Å². The Morgan fingerprint density at radius 1 is 1.12 bits per heavy atom. The summed E-state index contributed by atoms with van der Waals surface area (Å²) < 4.78 is 6.45. The van der Waals surface area contributed by atoms with Gasteiger partial charge in [0, 0.05) is 16.1 Å². The zero-order valence-corrected chi connectivity index (χ0v) is 18.8. The zero-order chi connectivity index (χ0) is 22.7. The van der Waals surface area contributed by atoms with Gasteiger partial charge in [0.25, 0.3) is 11.1 Å². The number of benzene rings is 2. The van der Waals surface area contributed by atoms with Crippen molar-refractivity contribution in [3.63, 3.8) is 0 Å². The summed E-state index contributed by atoms with van der Waals surface area (Å²) in [7, 11) is 0. The highest BCUT2D eigenvalue weighted by atomic mass is 79.9. The highest BCUT2D eigenvalue weighted by Gasteiger charge is 2.36. The summed E-state index contributed by atoms with van der Waals surface area (Å²) in [6, 6.07) is 19.5. The first-order valence-electron chi connectivity index (χ1n) is 9.35. The molecule has 0 aliphatic carbocycles. The predicted molar refractivity (Wildman–Crippen MR) is 124 cm³/mol. The quantitative estimate of drug-likeness (QED) is 0.472. The second-order valence-corrected chi connectivity index (χ2v) is 8.50. The smallest absolute Gasteiger partial charge is 0.294 e. The Hall–Kier alpha value is -3.61. The van der Waals surface area contributed by atoms with E-state index < -0.39 is 23.6 Å². The summed E-state index contributed by atoms with van der Waals surface area (Å²) in [5, 5.41) is 11.4. The van der Waals surface area contributed by atoms with E-state index >= 15 is 0 Å². The van der Waals surface area contributed by atoms with Gasteiger partial charge in [-0.25, -0.2) is 0 Å². The van der Waals surface area contributed by atoms with Gasteiger partial charge in [0.1, 0.15) is 18.1 Å². The van der Waals surface area contributed by atoms with Gasteiger partial charge in [-0.05, 0) is 64.1 Å². The molecule has 1 N–H and O–H groups in total. The normalized spacial score (nSPS) is 14.6. The van der Waals surface area contributed by atoms with Gasteiger partial charge in [-0.1, -0.05) is 24.3 Å². The SMILES string of the molecule is N#Cc1ccccc1-c1ccc(/C=C2/SC(=O)N(CC(=O)Nc3ccccc3Br)C2=O)o1. The lowest BCUT2D eigenvalue weighted by Gasteiger charge is -2.13. The first-order valence-corrected chi connectivity index (χ1v) is 11.0. The predicted octanol–water partition coefficient (Wildman–Crippen LogP) is 5.26. The third-order valence-corrected chi connectivity index (χ3v) is 6.14. The van der Waals surface area contributed by atoms with Crippen LogP contribution in [0.5, 0.6) is 0 Å². The largest absolute Gasteiger partial charge is 0.457 e. The molecule has 2 aromatic carbocycles. The third kappa shape index (κ3) is 4.51. The van der Waals surface area contributed by atoms with E-state index in [4.69, 9.17) is 4.42 Å². The Morgan fingerprint density at radius 3 is 2.66 bits per heavy atom. The maximum atomic E-state index is 12.7. The minimum atomic E-state index is -0.572. The Bertz CT molecular complexity index is 1310. The lowest BCUT2D eigenvalue weighted by atomic mass is 10.1. The van der Waals surface area contributed by atoms with E-state index in [0.717, 1.165) is 16.7 Å². The van der Waals surface area contributed by atoms with Crippen LogP contribution in [-0.4, -0.2) is 28.5 Å². The number of thioether (sulfide) groups is 1. The number of furan rings is 1. The van der Waals surface area contributed by atoms with Crippen molar-refractivity contribution in [2.75, 3.05) is 11.9 Å². The maximum absolute atomic E-state index is 12.7. The fraction of sp³-hybridized carbons (Fsp3) is 0.0435. The highest BCUT2D eigenvalue weighted by Crippen LogP contribution is 2.34. The molecule has 9 heteroatoms. The molecule has 7 nitrogen and oxygen atoms in total. The van der Waals surface area contributed by atoms with Gasteiger partial charge in [0.2, 0.25) is 5.91 Å². The maximum Gasteiger partial charge on any atom is 0.294 e. The minimum absolute atomic E-state index is 0.151. The second-order valence-electron chi connectivity index (χ2n) is 6.66. The molecule has 4 rings (SSSR count). The van der Waals surface area contributed by atoms with Crippen LogP contribution in [0.1, 0.15) is 11.3 Å². The lowest BCUT2D eigenvalue weighted by Crippen LogP contribution is -2.36. The van der Waals surface area contributed by atoms with E-state index in [2.05, 4.69) is 27.3 Å². The van der Waals surface area contributed by atoms with E-state index in [1.54, 1.807) is 60.7 Å². The number of anilines is 1. The molecule has 0 bridgehead atoms. The third-order valence-electron chi connectivity index (χ3n) is 4.54. The molecule has 158 valence electrons. The number of carbonyl (C=O) groups excluding carboxylic acids is 3. The van der Waals surface area contributed by atoms with E-state index in [-0.39, 0.29) is 4.91 Å². The molecule has 0 radical (unpaired) electrons. The molecule has 1 aliphatic rings. The fourth-order valence-corrected chi connectivity index (χ4v) is 4.23. The zero-order valence-electron chi connectivity index (χ0n) is 16.4. The van der Waals surface area contributed by atoms with Crippen LogP contribution in [0.15, 0.2) is 74.5 Å². The second kappa shape index (κ2) is 9.26. The number of imide groups is 1. The van der Waals surface area contributed by atoms with Crippen molar-refractivity contribution in [2.24, 2.45) is 0 Å². The van der Waals surface area contributed by atoms with Crippen molar-refractivity contribution >= 4 is 56.5 Å². The molecular formula is C23H14BrN3O4S. The van der Waals surface area contributed by atoms with Crippen LogP contribution in [0, 0.1) is 11.3 Å². The number of nitrogens with one attached hydrogen (secondary N) is 1. The summed E-state index contributed by atoms with van der Waals surface area (Å²) in [5.74, 6) is -0.233. The van der Waals surface area contributed by atoms with Crippen molar-refractivity contribution in [3.05, 3.63) is 81.4 Å². The Labute approximate surface area is 195 Å². The van der Waals surface area contributed by atoms with Crippen LogP contribution in [-0.2, 0) is 9.59 Å². The van der Waals surface area contributed by atoms with Gasteiger partial charge in [-0.3, -0.25) is 19.3 Å². The molecule has 3 aromatic rings. The van der Waals surface area contributed by atoms with Crippen LogP contribution >= 0.6 is 27.7 Å². The van der Waals surface area contributed by atoms with Crippen molar-refractivity contribution in [3.8, 4) is 17.4 Å². The van der Waals surface area contributed by atoms with Crippen LogP contribution in [0.25, 0.3) is 17.4 Å². The number of nitrogens with zero attached hydrogens (tertiary/aromatic N) is 2. The van der Waals surface area contributed by atoms with Crippen molar-refractivity contribution in [1.29, 1.82) is 5.26 Å². The number of hydrogen-bond donors (Lipinski definition) is 1. The average Bonchev–Trinajstić information content (AvgIpc) is 3.35. The van der Waals surface area contributed by atoms with Crippen molar-refractivity contribution < 1.29 is 18.8 Å². The number of para-hydroxylation sites is 1. The summed E-state index contributed by atoms with van der Waals surface area (Å²) in [5.41, 5.74) is 1.64. The fourth-order valence-electron chi connectivity index (χ4n) is 3.03. The number of rotatable bonds is 5. The Kier molecular flexibility index (Phi) is 6.25. The topological polar surface area (TPSA) is 103 Å². The van der Waals surface area contributed by atoms with Crippen LogP contribution in [0.2, 0.25) is 0 Å². The van der Waals surface area contributed by atoms with Crippen LogP contribution in [0.3, 0.4) is 0 Å². The van der Waals surface area contributed by atoms with Crippen molar-refractivity contribution in [2.45, 2.75) is 0 Å². The number of hydrogen-bond acceptors (Lipinski definition) is 6. The molecule has 3 amide bonds. The molecule has 0 unspecified atom stereocenters. The first-order chi connectivity index (χ1) is 15.5. The van der Waals surface area contributed by atoms with Gasteiger partial charge in [-0.15, -0.1) is 0 Å². The molecular weight excluding hydrogens is 494 g/mol. The summed E-state index contributed by atoms with van der Waals surface area (Å²) in [6.07, 6.45) is 1.45. The van der Waals surface area contributed by atoms with Gasteiger partial charge >= 0.3 is 0 Å². The monoisotopic (exact) mass is 507 g/mol. The average molecular weight is 508 g/mol. The molecule has 1 aliphatic heterocycles. The van der Waals surface area contributed by atoms with E-state index in [1.165, 1.54) is 6.08 Å². The Morgan fingerprint density at radius 2 is 1.88 bits per heavy atom. The van der Waals surface area contributed by atoms with Crippen LogP contribution in [0.4, 0.5) is 10.5 Å². The Balaban J connectivity index is 1.48. The standard InChI is InChI=1S/C23H14BrN3O4S/c24-17-7-3-4-8-18(17)26-21(28)13-27-22(29)20(32-23(27)30)11-15-9-10-19(31-15)16-6-2-1-5-14(16)12-25/h1-11H,13H2,(H,26,28)/b20-11+. The molecule has 0 atom stereocenters. The summed E-state index contributed by atoms with van der Waals surface area (Å²) in [4.78, 5) is 38.4. The highest BCUT2D eigenvalue weighted by molar-refractivity contribution is 9.10. The van der Waals surface area contributed by atoms with Gasteiger partial charge in [0.15, 0.2) is 0 Å².